The zero-order valence-electron chi connectivity index (χ0n) is 12.0. The predicted octanol–water partition coefficient (Wildman–Crippen LogP) is 1.13. The third-order valence-electron chi connectivity index (χ3n) is 2.73. The van der Waals surface area contributed by atoms with Gasteiger partial charge in [-0.05, 0) is 18.2 Å². The lowest BCUT2D eigenvalue weighted by molar-refractivity contribution is -0.134. The van der Waals surface area contributed by atoms with Crippen molar-refractivity contribution in [2.24, 2.45) is 0 Å². The zero-order valence-corrected chi connectivity index (χ0v) is 12.0. The average molecular weight is 322 g/mol. The van der Waals surface area contributed by atoms with Crippen LogP contribution in [0.1, 0.15) is 16.1 Å². The van der Waals surface area contributed by atoms with Crippen LogP contribution in [0.3, 0.4) is 0 Å². The molecule has 7 nitrogen and oxygen atoms in total. The normalized spacial score (nSPS) is 10.7. The van der Waals surface area contributed by atoms with Crippen molar-refractivity contribution in [3.63, 3.8) is 0 Å². The molecular formula is C14H12F2N4O3. The van der Waals surface area contributed by atoms with E-state index in [9.17, 15) is 18.4 Å². The Morgan fingerprint density at radius 3 is 2.83 bits per heavy atom. The summed E-state index contributed by atoms with van der Waals surface area (Å²) in [6, 6.07) is 2.85. The summed E-state index contributed by atoms with van der Waals surface area (Å²) in [4.78, 5) is 22.7. The summed E-state index contributed by atoms with van der Waals surface area (Å²) in [5, 5.41) is 9.98. The number of esters is 1. The number of carbonyl (C=O) groups is 2. The maximum absolute atomic E-state index is 13.1. The van der Waals surface area contributed by atoms with Crippen LogP contribution < -0.4 is 5.32 Å². The number of carbonyl (C=O) groups excluding carboxylic acids is 2. The molecule has 0 aliphatic heterocycles. The van der Waals surface area contributed by atoms with Gasteiger partial charge in [0.1, 0.15) is 5.69 Å². The monoisotopic (exact) mass is 322 g/mol. The third-order valence-corrected chi connectivity index (χ3v) is 2.73. The van der Waals surface area contributed by atoms with Gasteiger partial charge >= 0.3 is 5.97 Å². The van der Waals surface area contributed by atoms with Crippen LogP contribution in [0, 0.1) is 11.6 Å². The van der Waals surface area contributed by atoms with Gasteiger partial charge in [0, 0.05) is 17.8 Å². The number of hydrogen-bond acceptors (Lipinski definition) is 5. The molecule has 0 radical (unpaired) electrons. The van der Waals surface area contributed by atoms with Crippen molar-refractivity contribution in [3.8, 4) is 0 Å². The number of rotatable bonds is 5. The zero-order chi connectivity index (χ0) is 16.8. The van der Waals surface area contributed by atoms with Crippen LogP contribution in [-0.4, -0.2) is 34.0 Å². The summed E-state index contributed by atoms with van der Waals surface area (Å²) in [6.45, 7) is 0.0316. The Bertz CT molecular complexity index is 758. The van der Waals surface area contributed by atoms with Gasteiger partial charge in [-0.15, -0.1) is 5.10 Å². The molecule has 0 bridgehead atoms. The first-order valence-electron chi connectivity index (χ1n) is 6.39. The van der Waals surface area contributed by atoms with Crippen molar-refractivity contribution >= 4 is 18.1 Å². The number of nitrogens with zero attached hydrogens (tertiary/aromatic N) is 3. The van der Waals surface area contributed by atoms with Crippen molar-refractivity contribution in [1.82, 2.24) is 20.3 Å². The molecule has 23 heavy (non-hydrogen) atoms. The number of halogens is 2. The molecule has 0 aliphatic rings. The van der Waals surface area contributed by atoms with Crippen LogP contribution in [0.2, 0.25) is 0 Å². The highest BCUT2D eigenvalue weighted by molar-refractivity contribution is 5.94. The summed E-state index contributed by atoms with van der Waals surface area (Å²) >= 11 is 0. The summed E-state index contributed by atoms with van der Waals surface area (Å²) < 4.78 is 31.5. The molecule has 0 spiro atoms. The molecule has 1 N–H and O–H groups in total. The fraction of sp³-hybridized carbons (Fsp3) is 0.143. The maximum Gasteiger partial charge on any atom is 0.332 e. The number of nitrogens with one attached hydrogen (secondary N) is 1. The van der Waals surface area contributed by atoms with Crippen LogP contribution in [0.15, 0.2) is 30.5 Å². The van der Waals surface area contributed by atoms with E-state index < -0.39 is 23.5 Å². The van der Waals surface area contributed by atoms with Crippen molar-refractivity contribution < 1.29 is 23.1 Å². The minimum Gasteiger partial charge on any atom is -0.466 e. The number of benzene rings is 1. The van der Waals surface area contributed by atoms with E-state index in [2.05, 4.69) is 20.4 Å². The topological polar surface area (TPSA) is 86.1 Å². The standard InChI is InChI=1S/C14H12F2N4O3/c1-23-13(21)4-5-20-8-10(18-19-20)7-17-14(22)9-2-3-11(15)12(16)6-9/h2-6,8H,7H2,1H3,(H,17,22). The van der Waals surface area contributed by atoms with Gasteiger partial charge in [-0.2, -0.15) is 0 Å². The molecule has 2 aromatic rings. The highest BCUT2D eigenvalue weighted by Crippen LogP contribution is 2.08. The molecule has 0 aliphatic carbocycles. The smallest absolute Gasteiger partial charge is 0.332 e. The van der Waals surface area contributed by atoms with E-state index in [1.54, 1.807) is 0 Å². The molecule has 0 fully saturated rings. The molecule has 0 saturated heterocycles. The first-order valence-corrected chi connectivity index (χ1v) is 6.39. The minimum absolute atomic E-state index is 0.0121. The lowest BCUT2D eigenvalue weighted by Gasteiger charge is -2.03. The van der Waals surface area contributed by atoms with Gasteiger partial charge in [0.25, 0.3) is 5.91 Å². The molecular weight excluding hydrogens is 310 g/mol. The lowest BCUT2D eigenvalue weighted by atomic mass is 10.2. The number of hydrogen-bond donors (Lipinski definition) is 1. The fourth-order valence-corrected chi connectivity index (χ4v) is 1.58. The first kappa shape index (κ1) is 16.3. The van der Waals surface area contributed by atoms with Crippen molar-refractivity contribution in [2.45, 2.75) is 6.54 Å². The molecule has 1 amide bonds. The summed E-state index contributed by atoms with van der Waals surface area (Å²) in [5.74, 6) is -3.25. The number of amides is 1. The molecule has 0 atom stereocenters. The quantitative estimate of drug-likeness (QED) is 0.659. The van der Waals surface area contributed by atoms with E-state index in [0.717, 1.165) is 18.2 Å². The van der Waals surface area contributed by atoms with Crippen molar-refractivity contribution in [1.29, 1.82) is 0 Å². The molecule has 9 heteroatoms. The van der Waals surface area contributed by atoms with Gasteiger partial charge in [-0.25, -0.2) is 18.3 Å². The van der Waals surface area contributed by atoms with E-state index in [1.165, 1.54) is 30.3 Å². The third kappa shape index (κ3) is 4.43. The Morgan fingerprint density at radius 1 is 1.35 bits per heavy atom. The van der Waals surface area contributed by atoms with Gasteiger partial charge in [0.05, 0.1) is 19.9 Å². The number of ether oxygens (including phenoxy) is 1. The molecule has 2 rings (SSSR count). The second-order valence-corrected chi connectivity index (χ2v) is 4.34. The Hall–Kier alpha value is -3.10. The average Bonchev–Trinajstić information content (AvgIpc) is 3.00. The first-order chi connectivity index (χ1) is 11.0. The van der Waals surface area contributed by atoms with Crippen LogP contribution in [-0.2, 0) is 16.1 Å². The highest BCUT2D eigenvalue weighted by Gasteiger charge is 2.10. The van der Waals surface area contributed by atoms with Gasteiger partial charge in [-0.1, -0.05) is 5.21 Å². The van der Waals surface area contributed by atoms with Gasteiger partial charge in [0.15, 0.2) is 11.6 Å². The van der Waals surface area contributed by atoms with Crippen molar-refractivity contribution in [3.05, 3.63) is 53.4 Å². The second-order valence-electron chi connectivity index (χ2n) is 4.34. The van der Waals surface area contributed by atoms with E-state index >= 15 is 0 Å². The minimum atomic E-state index is -1.10. The Kier molecular flexibility index (Phi) is 5.13. The summed E-state index contributed by atoms with van der Waals surface area (Å²) in [6.07, 6.45) is 3.96. The van der Waals surface area contributed by atoms with Crippen LogP contribution in [0.5, 0.6) is 0 Å². The van der Waals surface area contributed by atoms with E-state index in [-0.39, 0.29) is 12.1 Å². The number of methoxy groups -OCH3 is 1. The Morgan fingerprint density at radius 2 is 2.13 bits per heavy atom. The molecule has 1 aromatic heterocycles. The van der Waals surface area contributed by atoms with Gasteiger partial charge in [0.2, 0.25) is 0 Å². The fourth-order valence-electron chi connectivity index (χ4n) is 1.58. The predicted molar refractivity (Wildman–Crippen MR) is 74.9 cm³/mol. The Labute approximate surface area is 129 Å². The van der Waals surface area contributed by atoms with Crippen LogP contribution >= 0.6 is 0 Å². The molecule has 0 saturated carbocycles. The lowest BCUT2D eigenvalue weighted by Crippen LogP contribution is -2.23. The largest absolute Gasteiger partial charge is 0.466 e. The Balaban J connectivity index is 1.94. The molecule has 1 aromatic carbocycles. The van der Waals surface area contributed by atoms with Crippen LogP contribution in [0.25, 0.3) is 6.20 Å². The molecule has 0 unspecified atom stereocenters. The number of aromatic nitrogens is 3. The van der Waals surface area contributed by atoms with Crippen LogP contribution in [0.4, 0.5) is 8.78 Å². The van der Waals surface area contributed by atoms with Crippen molar-refractivity contribution in [2.75, 3.05) is 7.11 Å². The summed E-state index contributed by atoms with van der Waals surface area (Å²) in [7, 11) is 1.24. The van der Waals surface area contributed by atoms with E-state index in [4.69, 9.17) is 0 Å². The second kappa shape index (κ2) is 7.25. The maximum atomic E-state index is 13.1. The highest BCUT2D eigenvalue weighted by atomic mass is 19.2. The SMILES string of the molecule is COC(=O)C=Cn1cc(CNC(=O)c2ccc(F)c(F)c2)nn1. The van der Waals surface area contributed by atoms with Gasteiger partial charge < -0.3 is 10.1 Å². The van der Waals surface area contributed by atoms with Gasteiger partial charge in [-0.3, -0.25) is 4.79 Å². The van der Waals surface area contributed by atoms with E-state index in [1.807, 2.05) is 0 Å². The summed E-state index contributed by atoms with van der Waals surface area (Å²) in [5.41, 5.74) is 0.400. The van der Waals surface area contributed by atoms with E-state index in [0.29, 0.717) is 5.69 Å². The molecule has 120 valence electrons. The molecule has 1 heterocycles.